The first-order valence-electron chi connectivity index (χ1n) is 12.6. The van der Waals surface area contributed by atoms with Crippen LogP contribution in [0.3, 0.4) is 0 Å². The number of aryl methyl sites for hydroxylation is 2. The van der Waals surface area contributed by atoms with Crippen molar-refractivity contribution in [1.82, 2.24) is 24.5 Å². The summed E-state index contributed by atoms with van der Waals surface area (Å²) < 4.78 is 9.55. The van der Waals surface area contributed by atoms with Crippen LogP contribution in [-0.4, -0.2) is 62.5 Å². The van der Waals surface area contributed by atoms with Gasteiger partial charge in [-0.2, -0.15) is 10.2 Å². The molecule has 1 aliphatic rings. The molecule has 0 spiro atoms. The molecule has 7 heteroatoms. The monoisotopic (exact) mass is 475 g/mol. The fraction of sp³-hybridized carbons (Fsp3) is 0.429. The van der Waals surface area contributed by atoms with Gasteiger partial charge in [0.05, 0.1) is 36.9 Å². The highest BCUT2D eigenvalue weighted by molar-refractivity contribution is 5.68. The van der Waals surface area contributed by atoms with Crippen LogP contribution in [0.5, 0.6) is 0 Å². The highest BCUT2D eigenvalue weighted by Crippen LogP contribution is 2.26. The van der Waals surface area contributed by atoms with E-state index in [4.69, 9.17) is 14.9 Å². The maximum atomic E-state index is 9.93. The Balaban J connectivity index is 1.72. The van der Waals surface area contributed by atoms with Crippen LogP contribution in [0.1, 0.15) is 49.6 Å². The number of allylic oxidation sites excluding steroid dienone is 3. The number of aromatic nitrogens is 4. The Hall–Kier alpha value is -3.16. The number of aliphatic hydroxyl groups is 1. The first kappa shape index (κ1) is 24.9. The average Bonchev–Trinajstić information content (AvgIpc) is 3.51. The third-order valence-electron chi connectivity index (χ3n) is 6.47. The van der Waals surface area contributed by atoms with E-state index in [2.05, 4.69) is 68.2 Å². The van der Waals surface area contributed by atoms with E-state index >= 15 is 0 Å². The van der Waals surface area contributed by atoms with Gasteiger partial charge in [0.2, 0.25) is 0 Å². The molecule has 1 atom stereocenters. The van der Waals surface area contributed by atoms with Gasteiger partial charge in [0.25, 0.3) is 0 Å². The van der Waals surface area contributed by atoms with Gasteiger partial charge in [0.15, 0.2) is 0 Å². The third kappa shape index (κ3) is 5.74. The molecule has 1 fully saturated rings. The van der Waals surface area contributed by atoms with Crippen LogP contribution in [0, 0.1) is 13.8 Å². The van der Waals surface area contributed by atoms with Gasteiger partial charge in [-0.15, -0.1) is 0 Å². The summed E-state index contributed by atoms with van der Waals surface area (Å²) in [6.45, 7) is 11.4. The zero-order valence-electron chi connectivity index (χ0n) is 21.3. The van der Waals surface area contributed by atoms with Crippen LogP contribution >= 0.6 is 0 Å². The number of hydrogen-bond acceptors (Lipinski definition) is 5. The SMILES string of the molecule is C/C=C(/C=C(/N1CCOCC1)n1nc(C(CO)CCC)cc1C)n1ccc(-c2cccc(C)c2)n1. The molecule has 1 saturated heterocycles. The Morgan fingerprint density at radius 2 is 1.94 bits per heavy atom. The van der Waals surface area contributed by atoms with Crippen molar-refractivity contribution in [3.63, 3.8) is 0 Å². The number of rotatable bonds is 9. The Labute approximate surface area is 208 Å². The lowest BCUT2D eigenvalue weighted by molar-refractivity contribution is 0.0611. The first-order chi connectivity index (χ1) is 17.0. The molecule has 2 aromatic heterocycles. The maximum absolute atomic E-state index is 9.93. The number of aliphatic hydroxyl groups excluding tert-OH is 1. The largest absolute Gasteiger partial charge is 0.396 e. The molecule has 3 aromatic rings. The summed E-state index contributed by atoms with van der Waals surface area (Å²) >= 11 is 0. The van der Waals surface area contributed by atoms with Crippen molar-refractivity contribution in [2.45, 2.75) is 46.5 Å². The van der Waals surface area contributed by atoms with Gasteiger partial charge in [-0.1, -0.05) is 43.2 Å². The molecule has 1 N–H and O–H groups in total. The second kappa shape index (κ2) is 11.5. The molecule has 4 rings (SSSR count). The summed E-state index contributed by atoms with van der Waals surface area (Å²) in [4.78, 5) is 2.32. The molecule has 1 aliphatic heterocycles. The third-order valence-corrected chi connectivity index (χ3v) is 6.47. The van der Waals surface area contributed by atoms with Gasteiger partial charge >= 0.3 is 0 Å². The second-order valence-electron chi connectivity index (χ2n) is 9.12. The van der Waals surface area contributed by atoms with Crippen molar-refractivity contribution < 1.29 is 9.84 Å². The topological polar surface area (TPSA) is 68.3 Å². The summed E-state index contributed by atoms with van der Waals surface area (Å²) in [6, 6.07) is 12.6. The molecule has 1 aromatic carbocycles. The molecular weight excluding hydrogens is 438 g/mol. The van der Waals surface area contributed by atoms with E-state index in [-0.39, 0.29) is 12.5 Å². The minimum Gasteiger partial charge on any atom is -0.396 e. The van der Waals surface area contributed by atoms with Crippen LogP contribution in [0.4, 0.5) is 0 Å². The standard InChI is InChI=1S/C28H37N5O2/c1-5-8-24(20-34)27-18-22(4)33(30-27)28(31-13-15-35-16-14-31)19-25(6-2)32-12-11-26(29-32)23-10-7-9-21(3)17-23/h6-7,9-12,17-19,24,34H,5,8,13-16,20H2,1-4H3/b25-6-,28-19-. The average molecular weight is 476 g/mol. The molecule has 0 amide bonds. The highest BCUT2D eigenvalue weighted by atomic mass is 16.5. The Morgan fingerprint density at radius 1 is 1.14 bits per heavy atom. The van der Waals surface area contributed by atoms with E-state index in [1.165, 1.54) is 5.56 Å². The fourth-order valence-electron chi connectivity index (χ4n) is 4.53. The number of nitrogens with zero attached hydrogens (tertiary/aromatic N) is 5. The molecule has 1 unspecified atom stereocenters. The number of morpholine rings is 1. The minimum absolute atomic E-state index is 0.0510. The first-order valence-corrected chi connectivity index (χ1v) is 12.6. The van der Waals surface area contributed by atoms with Gasteiger partial charge in [-0.25, -0.2) is 9.36 Å². The number of hydrogen-bond donors (Lipinski definition) is 1. The molecule has 0 bridgehead atoms. The molecule has 0 aliphatic carbocycles. The quantitative estimate of drug-likeness (QED) is 0.445. The van der Waals surface area contributed by atoms with E-state index < -0.39 is 0 Å². The predicted octanol–water partition coefficient (Wildman–Crippen LogP) is 4.93. The van der Waals surface area contributed by atoms with E-state index in [9.17, 15) is 5.11 Å². The van der Waals surface area contributed by atoms with Crippen molar-refractivity contribution in [1.29, 1.82) is 0 Å². The molecule has 7 nitrogen and oxygen atoms in total. The molecular formula is C28H37N5O2. The van der Waals surface area contributed by atoms with Gasteiger partial charge in [0, 0.05) is 42.5 Å². The molecule has 0 radical (unpaired) electrons. The van der Waals surface area contributed by atoms with Crippen molar-refractivity contribution >= 4 is 11.5 Å². The smallest absolute Gasteiger partial charge is 0.132 e. The minimum atomic E-state index is 0.0510. The van der Waals surface area contributed by atoms with Gasteiger partial charge in [0.1, 0.15) is 5.82 Å². The zero-order chi connectivity index (χ0) is 24.8. The highest BCUT2D eigenvalue weighted by Gasteiger charge is 2.21. The number of benzene rings is 1. The summed E-state index contributed by atoms with van der Waals surface area (Å²) in [7, 11) is 0. The van der Waals surface area contributed by atoms with Crippen molar-refractivity contribution in [3.05, 3.63) is 71.7 Å². The van der Waals surface area contributed by atoms with Gasteiger partial charge in [-0.05, 0) is 45.4 Å². The normalized spacial score (nSPS) is 16.1. The molecule has 186 valence electrons. The molecule has 0 saturated carbocycles. The van der Waals surface area contributed by atoms with Gasteiger partial charge < -0.3 is 14.7 Å². The van der Waals surface area contributed by atoms with E-state index in [1.807, 2.05) is 28.6 Å². The lowest BCUT2D eigenvalue weighted by atomic mass is 10.0. The fourth-order valence-corrected chi connectivity index (χ4v) is 4.53. The Morgan fingerprint density at radius 3 is 2.63 bits per heavy atom. The van der Waals surface area contributed by atoms with E-state index in [0.29, 0.717) is 13.2 Å². The van der Waals surface area contributed by atoms with Crippen molar-refractivity contribution in [3.8, 4) is 11.3 Å². The van der Waals surface area contributed by atoms with E-state index in [0.717, 1.165) is 60.1 Å². The van der Waals surface area contributed by atoms with Crippen molar-refractivity contribution in [2.24, 2.45) is 0 Å². The lowest BCUT2D eigenvalue weighted by Gasteiger charge is -2.31. The summed E-state index contributed by atoms with van der Waals surface area (Å²) in [6.07, 6.45) is 8.15. The number of ether oxygens (including phenoxy) is 1. The van der Waals surface area contributed by atoms with Crippen molar-refractivity contribution in [2.75, 3.05) is 32.9 Å². The summed E-state index contributed by atoms with van der Waals surface area (Å²) in [5.74, 6) is 1.04. The second-order valence-corrected chi connectivity index (χ2v) is 9.12. The lowest BCUT2D eigenvalue weighted by Crippen LogP contribution is -2.37. The van der Waals surface area contributed by atoms with Gasteiger partial charge in [-0.3, -0.25) is 0 Å². The Kier molecular flexibility index (Phi) is 8.21. The zero-order valence-corrected chi connectivity index (χ0v) is 21.3. The van der Waals surface area contributed by atoms with Crippen LogP contribution in [-0.2, 0) is 4.74 Å². The predicted molar refractivity (Wildman–Crippen MR) is 141 cm³/mol. The summed E-state index contributed by atoms with van der Waals surface area (Å²) in [5, 5.41) is 19.8. The van der Waals surface area contributed by atoms with Crippen LogP contribution < -0.4 is 0 Å². The van der Waals surface area contributed by atoms with Crippen LogP contribution in [0.2, 0.25) is 0 Å². The van der Waals surface area contributed by atoms with Crippen LogP contribution in [0.15, 0.2) is 54.7 Å². The van der Waals surface area contributed by atoms with Crippen LogP contribution in [0.25, 0.3) is 22.8 Å². The summed E-state index contributed by atoms with van der Waals surface area (Å²) in [5.41, 5.74) is 6.21. The molecule has 3 heterocycles. The maximum Gasteiger partial charge on any atom is 0.132 e. The molecule has 35 heavy (non-hydrogen) atoms. The Bertz CT molecular complexity index is 1180. The van der Waals surface area contributed by atoms with E-state index in [1.54, 1.807) is 0 Å².